The largest absolute Gasteiger partial charge is 0.507 e. The average Bonchev–Trinajstić information content (AvgIpc) is 3.10. The zero-order valence-corrected chi connectivity index (χ0v) is 30.6. The number of ketones is 3. The number of methoxy groups -OCH3 is 1. The second kappa shape index (κ2) is 13.9. The van der Waals surface area contributed by atoms with E-state index in [1.165, 1.54) is 51.3 Å². The molecule has 0 spiro atoms. The standard InChI is InChI=1S/C38H41NO13S/c1-19-31(41)24(39-36(46)50-14-15-53(47,48)21-10-7-6-8-11-21)16-26(51-19)52-38(4)18-37(3,20(2)40)17-23-30(38)35(45)29-28(33(23)43)32(42)22-12-9-13-25(49-5)27(22)34(29)44/h6-13,19,24,26,31,41,43,45H,14-18H2,1-5H3,(H,39,46)/t19?,24?,26?,31?,37-,38+/m1/s1. The van der Waals surface area contributed by atoms with E-state index in [4.69, 9.17) is 18.9 Å². The molecular formula is C38H41NO13S. The van der Waals surface area contributed by atoms with Gasteiger partial charge >= 0.3 is 6.09 Å². The second-order valence-electron chi connectivity index (χ2n) is 14.2. The summed E-state index contributed by atoms with van der Waals surface area (Å²) in [5, 5.41) is 37.2. The van der Waals surface area contributed by atoms with E-state index in [1.807, 2.05) is 0 Å². The number of benzene rings is 3. The van der Waals surface area contributed by atoms with E-state index in [1.54, 1.807) is 32.0 Å². The molecule has 6 atom stereocenters. The zero-order chi connectivity index (χ0) is 38.6. The fourth-order valence-corrected chi connectivity index (χ4v) is 8.83. The molecule has 0 bridgehead atoms. The molecule has 3 aliphatic rings. The molecule has 53 heavy (non-hydrogen) atoms. The smallest absolute Gasteiger partial charge is 0.407 e. The summed E-state index contributed by atoms with van der Waals surface area (Å²) in [6.07, 6.45) is -4.65. The summed E-state index contributed by atoms with van der Waals surface area (Å²) < 4.78 is 48.2. The molecule has 15 heteroatoms. The number of sulfone groups is 1. The fraction of sp³-hybridized carbons (Fsp3) is 0.421. The number of Topliss-reactive ketones (excluding diaryl/α,β-unsaturated/α-hetero) is 1. The van der Waals surface area contributed by atoms with E-state index in [-0.39, 0.29) is 57.9 Å². The molecule has 3 aromatic carbocycles. The van der Waals surface area contributed by atoms with Crippen molar-refractivity contribution in [2.24, 2.45) is 5.41 Å². The lowest BCUT2D eigenvalue weighted by Crippen LogP contribution is -2.57. The molecule has 282 valence electrons. The van der Waals surface area contributed by atoms with Gasteiger partial charge in [-0.2, -0.15) is 0 Å². The maximum absolute atomic E-state index is 14.0. The van der Waals surface area contributed by atoms with Crippen molar-refractivity contribution in [2.45, 2.75) is 82.0 Å². The molecule has 6 rings (SSSR count). The Hall–Kier alpha value is -4.83. The lowest BCUT2D eigenvalue weighted by molar-refractivity contribution is -0.272. The molecule has 1 aliphatic heterocycles. The highest BCUT2D eigenvalue weighted by molar-refractivity contribution is 7.91. The highest BCUT2D eigenvalue weighted by atomic mass is 32.2. The molecule has 0 aromatic heterocycles. The molecule has 1 heterocycles. The van der Waals surface area contributed by atoms with Crippen LogP contribution in [-0.4, -0.2) is 91.2 Å². The number of phenols is 2. The van der Waals surface area contributed by atoms with Gasteiger partial charge < -0.3 is 39.6 Å². The number of nitrogens with one attached hydrogen (secondary N) is 1. The quantitative estimate of drug-likeness (QED) is 0.180. The Morgan fingerprint density at radius 3 is 2.32 bits per heavy atom. The highest BCUT2D eigenvalue weighted by Crippen LogP contribution is 2.56. The van der Waals surface area contributed by atoms with Crippen LogP contribution in [0.5, 0.6) is 17.2 Å². The first kappa shape index (κ1) is 37.9. The van der Waals surface area contributed by atoms with Gasteiger partial charge in [-0.1, -0.05) is 37.3 Å². The maximum atomic E-state index is 14.0. The number of aliphatic hydroxyl groups is 1. The van der Waals surface area contributed by atoms with Crippen molar-refractivity contribution in [3.63, 3.8) is 0 Å². The van der Waals surface area contributed by atoms with Crippen LogP contribution >= 0.6 is 0 Å². The van der Waals surface area contributed by atoms with E-state index in [2.05, 4.69) is 5.32 Å². The molecular weight excluding hydrogens is 710 g/mol. The summed E-state index contributed by atoms with van der Waals surface area (Å²) in [6.45, 7) is 5.68. The Balaban J connectivity index is 1.30. The van der Waals surface area contributed by atoms with Gasteiger partial charge in [-0.25, -0.2) is 13.2 Å². The number of carbonyl (C=O) groups excluding carboxylic acids is 4. The number of hydrogen-bond donors (Lipinski definition) is 4. The lowest BCUT2D eigenvalue weighted by Gasteiger charge is -2.48. The first-order valence-electron chi connectivity index (χ1n) is 17.0. The first-order chi connectivity index (χ1) is 24.9. The Bertz CT molecular complexity index is 2120. The molecule has 14 nitrogen and oxygen atoms in total. The first-order valence-corrected chi connectivity index (χ1v) is 18.7. The molecule has 2 aliphatic carbocycles. The van der Waals surface area contributed by atoms with Crippen LogP contribution in [0.4, 0.5) is 4.79 Å². The van der Waals surface area contributed by atoms with E-state index < -0.39 is 98.0 Å². The van der Waals surface area contributed by atoms with Gasteiger partial charge in [-0.05, 0) is 51.8 Å². The van der Waals surface area contributed by atoms with Crippen LogP contribution < -0.4 is 10.1 Å². The Labute approximate surface area is 305 Å². The number of carbonyl (C=O) groups is 4. The van der Waals surface area contributed by atoms with Crippen LogP contribution in [0.25, 0.3) is 0 Å². The molecule has 1 fully saturated rings. The fourth-order valence-electron chi connectivity index (χ4n) is 7.72. The monoisotopic (exact) mass is 751 g/mol. The van der Waals surface area contributed by atoms with Gasteiger partial charge in [-0.15, -0.1) is 0 Å². The number of alkyl carbamates (subject to hydrolysis) is 1. The average molecular weight is 752 g/mol. The van der Waals surface area contributed by atoms with Gasteiger partial charge in [0, 0.05) is 28.5 Å². The summed E-state index contributed by atoms with van der Waals surface area (Å²) in [5.41, 5.74) is -3.71. The minimum Gasteiger partial charge on any atom is -0.507 e. The number of rotatable bonds is 9. The number of ether oxygens (including phenoxy) is 4. The van der Waals surface area contributed by atoms with Crippen molar-refractivity contribution in [1.82, 2.24) is 5.32 Å². The molecule has 4 N–H and O–H groups in total. The van der Waals surface area contributed by atoms with Crippen LogP contribution in [0.2, 0.25) is 0 Å². The summed E-state index contributed by atoms with van der Waals surface area (Å²) in [7, 11) is -2.39. The number of hydrogen-bond acceptors (Lipinski definition) is 13. The molecule has 1 amide bonds. The normalized spacial score (nSPS) is 26.5. The van der Waals surface area contributed by atoms with Gasteiger partial charge in [0.1, 0.15) is 35.7 Å². The third-order valence-corrected chi connectivity index (χ3v) is 12.2. The van der Waals surface area contributed by atoms with Crippen LogP contribution in [0, 0.1) is 5.41 Å². The maximum Gasteiger partial charge on any atom is 0.407 e. The van der Waals surface area contributed by atoms with Crippen molar-refractivity contribution < 1.29 is 61.9 Å². The second-order valence-corrected chi connectivity index (χ2v) is 16.3. The molecule has 0 radical (unpaired) electrons. The van der Waals surface area contributed by atoms with Crippen LogP contribution in [0.15, 0.2) is 53.4 Å². The molecule has 0 saturated carbocycles. The number of amides is 1. The predicted octanol–water partition coefficient (Wildman–Crippen LogP) is 3.72. The van der Waals surface area contributed by atoms with Crippen molar-refractivity contribution >= 4 is 33.3 Å². The van der Waals surface area contributed by atoms with Crippen LogP contribution in [0.3, 0.4) is 0 Å². The van der Waals surface area contributed by atoms with Gasteiger partial charge in [0.05, 0.1) is 52.2 Å². The Morgan fingerprint density at radius 1 is 0.981 bits per heavy atom. The Kier molecular flexibility index (Phi) is 9.92. The number of aliphatic hydroxyl groups excluding tert-OH is 1. The van der Waals surface area contributed by atoms with Crippen LogP contribution in [-0.2, 0) is 40.9 Å². The minimum absolute atomic E-state index is 0.0151. The van der Waals surface area contributed by atoms with E-state index in [0.29, 0.717) is 0 Å². The topological polar surface area (TPSA) is 212 Å². The Morgan fingerprint density at radius 2 is 1.66 bits per heavy atom. The van der Waals surface area contributed by atoms with Crippen molar-refractivity contribution in [1.29, 1.82) is 0 Å². The summed E-state index contributed by atoms with van der Waals surface area (Å²) in [4.78, 5) is 53.9. The predicted molar refractivity (Wildman–Crippen MR) is 187 cm³/mol. The zero-order valence-electron chi connectivity index (χ0n) is 29.8. The molecule has 3 aromatic rings. The summed E-state index contributed by atoms with van der Waals surface area (Å²) >= 11 is 0. The minimum atomic E-state index is -3.72. The number of fused-ring (bicyclic) bond motifs is 3. The lowest BCUT2D eigenvalue weighted by atomic mass is 9.62. The van der Waals surface area contributed by atoms with Crippen molar-refractivity contribution in [3.05, 3.63) is 81.9 Å². The van der Waals surface area contributed by atoms with Crippen molar-refractivity contribution in [2.75, 3.05) is 19.5 Å². The molecule has 4 unspecified atom stereocenters. The third kappa shape index (κ3) is 6.66. The summed E-state index contributed by atoms with van der Waals surface area (Å²) in [5.74, 6) is -3.27. The number of aromatic hydroxyl groups is 2. The number of phenolic OH excluding ortho intramolecular Hbond substituents is 2. The van der Waals surface area contributed by atoms with Crippen LogP contribution in [0.1, 0.15) is 83.5 Å². The SMILES string of the molecule is COc1cccc2c1C(=O)c1c(O)c3c(c(O)c1C2=O)C[C@@](C)(C(C)=O)C[C@]3(C)OC1CC(NC(=O)OCCS(=O)(=O)c2ccccc2)C(O)C(C)O1. The van der Waals surface area contributed by atoms with Gasteiger partial charge in [0.15, 0.2) is 21.9 Å². The van der Waals surface area contributed by atoms with E-state index in [9.17, 15) is 42.9 Å². The van der Waals surface area contributed by atoms with E-state index >= 15 is 0 Å². The van der Waals surface area contributed by atoms with Gasteiger partial charge in [-0.3, -0.25) is 14.4 Å². The highest BCUT2D eigenvalue weighted by Gasteiger charge is 2.53. The van der Waals surface area contributed by atoms with Gasteiger partial charge in [0.2, 0.25) is 5.78 Å². The van der Waals surface area contributed by atoms with Gasteiger partial charge in [0.25, 0.3) is 0 Å². The molecule has 1 saturated heterocycles. The summed E-state index contributed by atoms with van der Waals surface area (Å²) in [6, 6.07) is 11.1. The van der Waals surface area contributed by atoms with E-state index in [0.717, 1.165) is 0 Å². The van der Waals surface area contributed by atoms with Crippen molar-refractivity contribution in [3.8, 4) is 17.2 Å². The third-order valence-electron chi connectivity index (χ3n) is 10.5.